The van der Waals surface area contributed by atoms with Gasteiger partial charge in [-0.15, -0.1) is 0 Å². The van der Waals surface area contributed by atoms with Crippen molar-refractivity contribution in [1.29, 1.82) is 0 Å². The van der Waals surface area contributed by atoms with E-state index in [4.69, 9.17) is 5.73 Å². The van der Waals surface area contributed by atoms with Crippen molar-refractivity contribution < 1.29 is 0 Å². The molecule has 1 rings (SSSR count). The van der Waals surface area contributed by atoms with Crippen LogP contribution in [0.15, 0.2) is 71.8 Å². The quantitative estimate of drug-likeness (QED) is 0.466. The van der Waals surface area contributed by atoms with Crippen molar-refractivity contribution in [3.05, 3.63) is 72.4 Å². The number of hydrogen-bond donors (Lipinski definition) is 1. The average molecular weight is 226 g/mol. The van der Waals surface area contributed by atoms with E-state index in [2.05, 4.69) is 11.6 Å². The first-order valence-electron chi connectivity index (χ1n) is 5.57. The summed E-state index contributed by atoms with van der Waals surface area (Å²) in [6, 6.07) is 10.0. The Bertz CT molecular complexity index is 427. The molecule has 0 saturated carbocycles. The number of hydrogen-bond acceptors (Lipinski definition) is 1. The molecule has 0 aliphatic heterocycles. The molecule has 0 fully saturated rings. The molecule has 17 heavy (non-hydrogen) atoms. The second-order valence-electron chi connectivity index (χ2n) is 3.49. The molecule has 0 heterocycles. The predicted molar refractivity (Wildman–Crippen MR) is 75.0 cm³/mol. The first-order valence-corrected chi connectivity index (χ1v) is 5.57. The van der Waals surface area contributed by atoms with Gasteiger partial charge in [0.2, 0.25) is 0 Å². The van der Waals surface area contributed by atoms with Crippen molar-refractivity contribution in [2.24, 2.45) is 10.7 Å². The zero-order valence-electron chi connectivity index (χ0n) is 10.1. The summed E-state index contributed by atoms with van der Waals surface area (Å²) in [7, 11) is 0. The van der Waals surface area contributed by atoms with Crippen LogP contribution in [0.5, 0.6) is 0 Å². The highest BCUT2D eigenvalue weighted by molar-refractivity contribution is 5.53. The highest BCUT2D eigenvalue weighted by Gasteiger charge is 2.11. The van der Waals surface area contributed by atoms with Crippen LogP contribution in [0, 0.1) is 0 Å². The molecule has 2 heteroatoms. The normalized spacial score (nSPS) is 14.3. The largest absolute Gasteiger partial charge is 0.390 e. The molecule has 88 valence electrons. The third-order valence-electron chi connectivity index (χ3n) is 2.42. The van der Waals surface area contributed by atoms with E-state index in [0.29, 0.717) is 0 Å². The van der Waals surface area contributed by atoms with Gasteiger partial charge in [-0.05, 0) is 18.1 Å². The molecule has 1 atom stereocenters. The topological polar surface area (TPSA) is 38.4 Å². The molecule has 2 N–H and O–H groups in total. The minimum Gasteiger partial charge on any atom is -0.390 e. The van der Waals surface area contributed by atoms with Gasteiger partial charge in [0.15, 0.2) is 0 Å². The van der Waals surface area contributed by atoms with E-state index >= 15 is 0 Å². The van der Waals surface area contributed by atoms with Crippen molar-refractivity contribution in [3.63, 3.8) is 0 Å². The molecule has 0 aromatic heterocycles. The minimum atomic E-state index is -0.0533. The Morgan fingerprint density at radius 1 is 1.35 bits per heavy atom. The van der Waals surface area contributed by atoms with Crippen LogP contribution in [0.3, 0.4) is 0 Å². The standard InChI is InChI=1S/C15H18N2/c1-3-5-9-13(4-2)15(17-12-16)14-10-7-6-8-11-14/h3-12,15H,1H2,2H3,(H2,16,17)/b9-5-,13-4+. The van der Waals surface area contributed by atoms with Gasteiger partial charge < -0.3 is 5.73 Å². The van der Waals surface area contributed by atoms with Gasteiger partial charge in [-0.25, -0.2) is 0 Å². The average Bonchev–Trinajstić information content (AvgIpc) is 2.39. The SMILES string of the molecule is C=C/C=C\C(=C/C)C(N=CN)c1ccccc1. The Labute approximate surface area is 103 Å². The summed E-state index contributed by atoms with van der Waals surface area (Å²) in [5.41, 5.74) is 7.64. The van der Waals surface area contributed by atoms with Gasteiger partial charge in [-0.1, -0.05) is 61.2 Å². The zero-order chi connectivity index (χ0) is 12.5. The second kappa shape index (κ2) is 7.23. The summed E-state index contributed by atoms with van der Waals surface area (Å²) < 4.78 is 0. The van der Waals surface area contributed by atoms with Gasteiger partial charge in [-0.2, -0.15) is 0 Å². The molecule has 0 radical (unpaired) electrons. The molecule has 1 aromatic rings. The summed E-state index contributed by atoms with van der Waals surface area (Å²) >= 11 is 0. The summed E-state index contributed by atoms with van der Waals surface area (Å²) in [6.07, 6.45) is 9.03. The lowest BCUT2D eigenvalue weighted by atomic mass is 9.98. The van der Waals surface area contributed by atoms with Crippen molar-refractivity contribution >= 4 is 6.34 Å². The highest BCUT2D eigenvalue weighted by Crippen LogP contribution is 2.26. The van der Waals surface area contributed by atoms with E-state index < -0.39 is 0 Å². The lowest BCUT2D eigenvalue weighted by Gasteiger charge is -2.13. The molecule has 0 aliphatic rings. The molecule has 0 spiro atoms. The molecule has 2 nitrogen and oxygen atoms in total. The van der Waals surface area contributed by atoms with E-state index in [1.54, 1.807) is 6.08 Å². The van der Waals surface area contributed by atoms with Crippen LogP contribution in [-0.4, -0.2) is 6.34 Å². The summed E-state index contributed by atoms with van der Waals surface area (Å²) in [5.74, 6) is 0. The molecule has 0 bridgehead atoms. The van der Waals surface area contributed by atoms with E-state index in [1.807, 2.05) is 55.5 Å². The van der Waals surface area contributed by atoms with Crippen molar-refractivity contribution in [2.75, 3.05) is 0 Å². The first-order chi connectivity index (χ1) is 8.33. The van der Waals surface area contributed by atoms with E-state index in [1.165, 1.54) is 6.34 Å². The van der Waals surface area contributed by atoms with Crippen LogP contribution in [0.25, 0.3) is 0 Å². The minimum absolute atomic E-state index is 0.0533. The number of nitrogens with two attached hydrogens (primary N) is 1. The van der Waals surface area contributed by atoms with Gasteiger partial charge in [0.25, 0.3) is 0 Å². The van der Waals surface area contributed by atoms with E-state index in [9.17, 15) is 0 Å². The lowest BCUT2D eigenvalue weighted by Crippen LogP contribution is -2.01. The molecule has 1 unspecified atom stereocenters. The Hall–Kier alpha value is -2.09. The maximum Gasteiger partial charge on any atom is 0.101 e. The Morgan fingerprint density at radius 3 is 2.59 bits per heavy atom. The van der Waals surface area contributed by atoms with Gasteiger partial charge in [0.1, 0.15) is 6.04 Å². The zero-order valence-corrected chi connectivity index (χ0v) is 10.1. The second-order valence-corrected chi connectivity index (χ2v) is 3.49. The summed E-state index contributed by atoms with van der Waals surface area (Å²) in [6.45, 7) is 5.66. The van der Waals surface area contributed by atoms with Crippen LogP contribution in [0.4, 0.5) is 0 Å². The number of benzene rings is 1. The predicted octanol–water partition coefficient (Wildman–Crippen LogP) is 3.40. The van der Waals surface area contributed by atoms with E-state index in [0.717, 1.165) is 11.1 Å². The maximum absolute atomic E-state index is 5.42. The molecular weight excluding hydrogens is 208 g/mol. The maximum atomic E-state index is 5.42. The van der Waals surface area contributed by atoms with Crippen LogP contribution < -0.4 is 5.73 Å². The molecule has 0 aliphatic carbocycles. The number of allylic oxidation sites excluding steroid dienone is 3. The van der Waals surface area contributed by atoms with Crippen molar-refractivity contribution in [1.82, 2.24) is 0 Å². The highest BCUT2D eigenvalue weighted by atomic mass is 14.8. The van der Waals surface area contributed by atoms with Crippen LogP contribution >= 0.6 is 0 Å². The first kappa shape index (κ1) is 13.0. The van der Waals surface area contributed by atoms with Crippen molar-refractivity contribution in [3.8, 4) is 0 Å². The molecule has 0 saturated heterocycles. The number of nitrogens with zero attached hydrogens (tertiary/aromatic N) is 1. The van der Waals surface area contributed by atoms with E-state index in [-0.39, 0.29) is 6.04 Å². The third-order valence-corrected chi connectivity index (χ3v) is 2.42. The Morgan fingerprint density at radius 2 is 2.06 bits per heavy atom. The molecular formula is C15H18N2. The summed E-state index contributed by atoms with van der Waals surface area (Å²) in [4.78, 5) is 4.32. The van der Waals surface area contributed by atoms with Gasteiger partial charge in [0.05, 0.1) is 6.34 Å². The van der Waals surface area contributed by atoms with Gasteiger partial charge >= 0.3 is 0 Å². The van der Waals surface area contributed by atoms with Gasteiger partial charge in [0, 0.05) is 0 Å². The molecule has 0 amide bonds. The van der Waals surface area contributed by atoms with Crippen LogP contribution in [0.1, 0.15) is 18.5 Å². The summed E-state index contributed by atoms with van der Waals surface area (Å²) in [5, 5.41) is 0. The fourth-order valence-electron chi connectivity index (χ4n) is 1.61. The fraction of sp³-hybridized carbons (Fsp3) is 0.133. The van der Waals surface area contributed by atoms with Crippen LogP contribution in [0.2, 0.25) is 0 Å². The lowest BCUT2D eigenvalue weighted by molar-refractivity contribution is 0.873. The fourth-order valence-corrected chi connectivity index (χ4v) is 1.61. The molecule has 1 aromatic carbocycles. The van der Waals surface area contributed by atoms with Gasteiger partial charge in [-0.3, -0.25) is 4.99 Å². The Balaban J connectivity index is 3.08. The smallest absolute Gasteiger partial charge is 0.101 e. The third kappa shape index (κ3) is 3.76. The number of aliphatic imine (C=N–C) groups is 1. The monoisotopic (exact) mass is 226 g/mol. The van der Waals surface area contributed by atoms with Crippen molar-refractivity contribution in [2.45, 2.75) is 13.0 Å². The number of rotatable bonds is 5. The van der Waals surface area contributed by atoms with Crippen LogP contribution in [-0.2, 0) is 0 Å². The Kier molecular flexibility index (Phi) is 5.52.